The minimum absolute atomic E-state index is 0.436. The summed E-state index contributed by atoms with van der Waals surface area (Å²) in [6.07, 6.45) is 3.31. The summed E-state index contributed by atoms with van der Waals surface area (Å²) in [5.41, 5.74) is 1.37. The molecule has 48 valence electrons. The maximum atomic E-state index is 8.36. The second-order valence-electron chi connectivity index (χ2n) is 1.79. The van der Waals surface area contributed by atoms with Crippen molar-refractivity contribution in [2.45, 2.75) is 0 Å². The van der Waals surface area contributed by atoms with E-state index in [1.165, 1.54) is 0 Å². The fourth-order valence-corrected chi connectivity index (χ4v) is 0.592. The SMILES string of the molecule is C=Cc1ccc(C#N)nc1. The predicted octanol–water partition coefficient (Wildman–Crippen LogP) is 1.60. The molecule has 2 heteroatoms. The molecule has 1 rings (SSSR count). The van der Waals surface area contributed by atoms with Crippen molar-refractivity contribution in [2.75, 3.05) is 0 Å². The Morgan fingerprint density at radius 1 is 1.60 bits per heavy atom. The first-order valence-electron chi connectivity index (χ1n) is 2.85. The third kappa shape index (κ3) is 1.20. The monoisotopic (exact) mass is 130 g/mol. The molecular weight excluding hydrogens is 124 g/mol. The van der Waals surface area contributed by atoms with Crippen molar-refractivity contribution in [1.29, 1.82) is 5.26 Å². The second kappa shape index (κ2) is 2.79. The summed E-state index contributed by atoms with van der Waals surface area (Å²) >= 11 is 0. The van der Waals surface area contributed by atoms with Crippen molar-refractivity contribution >= 4 is 6.08 Å². The highest BCUT2D eigenvalue weighted by atomic mass is 14.7. The highest BCUT2D eigenvalue weighted by Gasteiger charge is 1.88. The van der Waals surface area contributed by atoms with E-state index in [1.54, 1.807) is 24.4 Å². The van der Waals surface area contributed by atoms with Gasteiger partial charge in [-0.15, -0.1) is 0 Å². The van der Waals surface area contributed by atoms with Gasteiger partial charge >= 0.3 is 0 Å². The van der Waals surface area contributed by atoms with Crippen molar-refractivity contribution in [3.63, 3.8) is 0 Å². The fraction of sp³-hybridized carbons (Fsp3) is 0. The Bertz CT molecular complexity index is 266. The van der Waals surface area contributed by atoms with E-state index in [9.17, 15) is 0 Å². The zero-order valence-electron chi connectivity index (χ0n) is 5.41. The molecule has 0 atom stereocenters. The number of nitriles is 1. The summed E-state index contributed by atoms with van der Waals surface area (Å²) in [6, 6.07) is 5.40. The van der Waals surface area contributed by atoms with Crippen LogP contribution in [0.4, 0.5) is 0 Å². The molecule has 0 aliphatic carbocycles. The van der Waals surface area contributed by atoms with Gasteiger partial charge in [0.2, 0.25) is 0 Å². The quantitative estimate of drug-likeness (QED) is 0.578. The summed E-state index contributed by atoms with van der Waals surface area (Å²) < 4.78 is 0. The lowest BCUT2D eigenvalue weighted by Gasteiger charge is -1.88. The molecule has 0 bridgehead atoms. The van der Waals surface area contributed by atoms with Crippen molar-refractivity contribution in [3.8, 4) is 6.07 Å². The zero-order chi connectivity index (χ0) is 7.40. The molecule has 1 heterocycles. The van der Waals surface area contributed by atoms with Crippen LogP contribution in [0.1, 0.15) is 11.3 Å². The second-order valence-corrected chi connectivity index (χ2v) is 1.79. The van der Waals surface area contributed by atoms with Crippen LogP contribution in [-0.4, -0.2) is 4.98 Å². The number of hydrogen-bond acceptors (Lipinski definition) is 2. The molecule has 0 spiro atoms. The van der Waals surface area contributed by atoms with Crippen LogP contribution < -0.4 is 0 Å². The zero-order valence-corrected chi connectivity index (χ0v) is 5.41. The first kappa shape index (κ1) is 6.50. The molecule has 0 fully saturated rings. The molecule has 0 N–H and O–H groups in total. The number of rotatable bonds is 1. The van der Waals surface area contributed by atoms with Crippen molar-refractivity contribution < 1.29 is 0 Å². The Morgan fingerprint density at radius 2 is 2.40 bits per heavy atom. The number of pyridine rings is 1. The van der Waals surface area contributed by atoms with E-state index in [0.717, 1.165) is 5.56 Å². The topological polar surface area (TPSA) is 36.7 Å². The Labute approximate surface area is 59.4 Å². The van der Waals surface area contributed by atoms with Crippen LogP contribution >= 0.6 is 0 Å². The fourth-order valence-electron chi connectivity index (χ4n) is 0.592. The Kier molecular flexibility index (Phi) is 1.81. The average Bonchev–Trinajstić information content (AvgIpc) is 2.05. The van der Waals surface area contributed by atoms with Crippen molar-refractivity contribution in [2.24, 2.45) is 0 Å². The number of aromatic nitrogens is 1. The molecule has 0 aliphatic heterocycles. The molecule has 2 nitrogen and oxygen atoms in total. The van der Waals surface area contributed by atoms with Gasteiger partial charge in [-0.1, -0.05) is 18.7 Å². The van der Waals surface area contributed by atoms with Gasteiger partial charge in [-0.05, 0) is 11.6 Å². The van der Waals surface area contributed by atoms with Crippen molar-refractivity contribution in [1.82, 2.24) is 4.98 Å². The van der Waals surface area contributed by atoms with Crippen LogP contribution in [0.25, 0.3) is 6.08 Å². The van der Waals surface area contributed by atoms with Gasteiger partial charge in [-0.25, -0.2) is 4.98 Å². The van der Waals surface area contributed by atoms with Crippen molar-refractivity contribution in [3.05, 3.63) is 36.2 Å². The average molecular weight is 130 g/mol. The molecule has 0 aromatic carbocycles. The third-order valence-electron chi connectivity index (χ3n) is 1.14. The van der Waals surface area contributed by atoms with Gasteiger partial charge in [0.05, 0.1) is 0 Å². The molecule has 0 unspecified atom stereocenters. The van der Waals surface area contributed by atoms with E-state index in [4.69, 9.17) is 5.26 Å². The van der Waals surface area contributed by atoms with Gasteiger partial charge < -0.3 is 0 Å². The first-order chi connectivity index (χ1) is 4.86. The standard InChI is InChI=1S/C8H6N2/c1-2-7-3-4-8(5-9)10-6-7/h2-4,6H,1H2. The molecule has 10 heavy (non-hydrogen) atoms. The molecule has 0 radical (unpaired) electrons. The lowest BCUT2D eigenvalue weighted by atomic mass is 10.2. The van der Waals surface area contributed by atoms with Gasteiger partial charge in [0.15, 0.2) is 0 Å². The summed E-state index contributed by atoms with van der Waals surface area (Å²) in [6.45, 7) is 3.56. The van der Waals surface area contributed by atoms with E-state index in [2.05, 4.69) is 11.6 Å². The van der Waals surface area contributed by atoms with Crippen LogP contribution in [0.2, 0.25) is 0 Å². The van der Waals surface area contributed by atoms with E-state index >= 15 is 0 Å². The molecule has 0 saturated heterocycles. The summed E-state index contributed by atoms with van der Waals surface area (Å²) in [7, 11) is 0. The van der Waals surface area contributed by atoms with Gasteiger partial charge in [-0.2, -0.15) is 5.26 Å². The summed E-state index contributed by atoms with van der Waals surface area (Å²) in [5, 5.41) is 8.36. The van der Waals surface area contributed by atoms with E-state index in [1.807, 2.05) is 6.07 Å². The smallest absolute Gasteiger partial charge is 0.140 e. The van der Waals surface area contributed by atoms with Crippen LogP contribution in [0.15, 0.2) is 24.9 Å². The lowest BCUT2D eigenvalue weighted by Crippen LogP contribution is -1.80. The minimum Gasteiger partial charge on any atom is -0.245 e. The number of hydrogen-bond donors (Lipinski definition) is 0. The molecular formula is C8H6N2. The normalized spacial score (nSPS) is 8.30. The lowest BCUT2D eigenvalue weighted by molar-refractivity contribution is 1.26. The van der Waals surface area contributed by atoms with Crippen LogP contribution in [0, 0.1) is 11.3 Å². The van der Waals surface area contributed by atoms with Crippen LogP contribution in [0.5, 0.6) is 0 Å². The highest BCUT2D eigenvalue weighted by molar-refractivity contribution is 5.45. The van der Waals surface area contributed by atoms with Gasteiger partial charge in [0.1, 0.15) is 11.8 Å². The van der Waals surface area contributed by atoms with E-state index < -0.39 is 0 Å². The van der Waals surface area contributed by atoms with Crippen LogP contribution in [0.3, 0.4) is 0 Å². The Morgan fingerprint density at radius 3 is 2.80 bits per heavy atom. The molecule has 1 aromatic heterocycles. The predicted molar refractivity (Wildman–Crippen MR) is 39.0 cm³/mol. The third-order valence-corrected chi connectivity index (χ3v) is 1.14. The molecule has 0 amide bonds. The largest absolute Gasteiger partial charge is 0.245 e. The molecule has 0 aliphatic rings. The Hall–Kier alpha value is -1.62. The minimum atomic E-state index is 0.436. The molecule has 1 aromatic rings. The maximum Gasteiger partial charge on any atom is 0.140 e. The van der Waals surface area contributed by atoms with Gasteiger partial charge in [-0.3, -0.25) is 0 Å². The number of nitrogens with zero attached hydrogens (tertiary/aromatic N) is 2. The maximum absolute atomic E-state index is 8.36. The molecule has 0 saturated carbocycles. The van der Waals surface area contributed by atoms with Gasteiger partial charge in [0, 0.05) is 6.20 Å². The first-order valence-corrected chi connectivity index (χ1v) is 2.85. The van der Waals surface area contributed by atoms with Gasteiger partial charge in [0.25, 0.3) is 0 Å². The van der Waals surface area contributed by atoms with E-state index in [0.29, 0.717) is 5.69 Å². The van der Waals surface area contributed by atoms with E-state index in [-0.39, 0.29) is 0 Å². The highest BCUT2D eigenvalue weighted by Crippen LogP contribution is 1.99. The summed E-state index contributed by atoms with van der Waals surface area (Å²) in [4.78, 5) is 3.84. The Balaban J connectivity index is 3.04. The summed E-state index contributed by atoms with van der Waals surface area (Å²) in [5.74, 6) is 0. The van der Waals surface area contributed by atoms with Crippen LogP contribution in [-0.2, 0) is 0 Å².